The van der Waals surface area contributed by atoms with Gasteiger partial charge in [-0.15, -0.1) is 0 Å². The van der Waals surface area contributed by atoms with Crippen LogP contribution in [0.25, 0.3) is 0 Å². The van der Waals surface area contributed by atoms with E-state index in [2.05, 4.69) is 0 Å². The minimum absolute atomic E-state index is 0.247. The first-order valence-corrected chi connectivity index (χ1v) is 6.75. The maximum absolute atomic E-state index is 11.3. The summed E-state index contributed by atoms with van der Waals surface area (Å²) < 4.78 is 20.0. The van der Waals surface area contributed by atoms with Crippen LogP contribution in [0.1, 0.15) is 34.6 Å². The van der Waals surface area contributed by atoms with Gasteiger partial charge in [-0.3, -0.25) is 14.4 Å². The number of esters is 3. The van der Waals surface area contributed by atoms with E-state index >= 15 is 0 Å². The van der Waals surface area contributed by atoms with Crippen molar-refractivity contribution in [3.05, 3.63) is 0 Å². The molecule has 0 heterocycles. The molecule has 22 heavy (non-hydrogen) atoms. The third-order valence-electron chi connectivity index (χ3n) is 3.02. The van der Waals surface area contributed by atoms with Gasteiger partial charge in [0.1, 0.15) is 24.4 Å². The topological polar surface area (TPSA) is 108 Å². The first kappa shape index (κ1) is 20.3. The highest BCUT2D eigenvalue weighted by Crippen LogP contribution is 2.25. The van der Waals surface area contributed by atoms with Crippen LogP contribution in [-0.2, 0) is 33.3 Å². The number of rotatable bonds is 8. The van der Waals surface area contributed by atoms with Gasteiger partial charge in [-0.05, 0) is 13.8 Å². The number of hydrogen-bond acceptors (Lipinski definition) is 8. The highest BCUT2D eigenvalue weighted by atomic mass is 16.6. The molecule has 8 heteroatoms. The number of hydrogen-bond donors (Lipinski definition) is 1. The van der Waals surface area contributed by atoms with E-state index in [-0.39, 0.29) is 6.61 Å². The second kappa shape index (κ2) is 8.70. The lowest BCUT2D eigenvalue weighted by Gasteiger charge is -2.39. The fourth-order valence-corrected chi connectivity index (χ4v) is 2.04. The maximum atomic E-state index is 11.3. The van der Waals surface area contributed by atoms with Gasteiger partial charge in [0.15, 0.2) is 6.10 Å². The maximum Gasteiger partial charge on any atom is 0.303 e. The van der Waals surface area contributed by atoms with Gasteiger partial charge in [-0.1, -0.05) is 0 Å². The summed E-state index contributed by atoms with van der Waals surface area (Å²) in [6.07, 6.45) is -3.11. The first-order valence-electron chi connectivity index (χ1n) is 6.75. The van der Waals surface area contributed by atoms with Crippen LogP contribution in [0.3, 0.4) is 0 Å². The van der Waals surface area contributed by atoms with Crippen molar-refractivity contribution in [3.63, 3.8) is 0 Å². The molecule has 0 aromatic rings. The van der Waals surface area contributed by atoms with Gasteiger partial charge in [0.2, 0.25) is 0 Å². The molecule has 0 aliphatic heterocycles. The van der Waals surface area contributed by atoms with Gasteiger partial charge < -0.3 is 24.1 Å². The van der Waals surface area contributed by atoms with Gasteiger partial charge in [0, 0.05) is 27.9 Å². The largest absolute Gasteiger partial charge is 0.463 e. The molecule has 8 nitrogen and oxygen atoms in total. The summed E-state index contributed by atoms with van der Waals surface area (Å²) in [5, 5.41) is 10.7. The molecule has 0 unspecified atom stereocenters. The molecule has 0 saturated heterocycles. The Morgan fingerprint density at radius 3 is 1.91 bits per heavy atom. The summed E-state index contributed by atoms with van der Waals surface area (Å²) in [4.78, 5) is 33.3. The van der Waals surface area contributed by atoms with Crippen LogP contribution in [0.15, 0.2) is 0 Å². The Balaban J connectivity index is 5.30. The Morgan fingerprint density at radius 2 is 1.55 bits per heavy atom. The van der Waals surface area contributed by atoms with E-state index in [1.54, 1.807) is 0 Å². The predicted octanol–water partition coefficient (Wildman–Crippen LogP) is 0.199. The van der Waals surface area contributed by atoms with Crippen LogP contribution in [0.4, 0.5) is 0 Å². The summed E-state index contributed by atoms with van der Waals surface area (Å²) in [5.74, 6) is -1.80. The molecule has 128 valence electrons. The van der Waals surface area contributed by atoms with Crippen LogP contribution in [0.5, 0.6) is 0 Å². The van der Waals surface area contributed by atoms with E-state index in [0.29, 0.717) is 0 Å². The molecular formula is C14H24O8. The monoisotopic (exact) mass is 320 g/mol. The third-order valence-corrected chi connectivity index (χ3v) is 3.02. The summed E-state index contributed by atoms with van der Waals surface area (Å²) >= 11 is 0. The lowest BCUT2D eigenvalue weighted by Crippen LogP contribution is -2.58. The Hall–Kier alpha value is -1.67. The molecule has 0 rings (SSSR count). The molecule has 0 aliphatic rings. The van der Waals surface area contributed by atoms with E-state index in [1.807, 2.05) is 0 Å². The zero-order valence-corrected chi connectivity index (χ0v) is 13.7. The average Bonchev–Trinajstić information content (AvgIpc) is 2.34. The summed E-state index contributed by atoms with van der Waals surface area (Å²) in [6, 6.07) is 0. The summed E-state index contributed by atoms with van der Waals surface area (Å²) in [5.41, 5.74) is -1.76. The fraction of sp³-hybridized carbons (Fsp3) is 0.786. The van der Waals surface area contributed by atoms with E-state index in [1.165, 1.54) is 34.8 Å². The highest BCUT2D eigenvalue weighted by molar-refractivity contribution is 5.67. The van der Waals surface area contributed by atoms with Gasteiger partial charge in [-0.25, -0.2) is 0 Å². The molecule has 0 bridgehead atoms. The summed E-state index contributed by atoms with van der Waals surface area (Å²) in [7, 11) is 1.31. The molecule has 0 fully saturated rings. The van der Waals surface area contributed by atoms with Crippen molar-refractivity contribution < 1.29 is 38.4 Å². The number of aliphatic hydroxyl groups is 1. The Morgan fingerprint density at radius 1 is 1.05 bits per heavy atom. The van der Waals surface area contributed by atoms with Crippen molar-refractivity contribution in [1.29, 1.82) is 0 Å². The van der Waals surface area contributed by atoms with Crippen LogP contribution in [-0.4, -0.2) is 60.6 Å². The van der Waals surface area contributed by atoms with E-state index < -0.39 is 41.8 Å². The zero-order chi connectivity index (χ0) is 17.5. The zero-order valence-electron chi connectivity index (χ0n) is 13.7. The van der Waals surface area contributed by atoms with Gasteiger partial charge in [-0.2, -0.15) is 0 Å². The molecule has 0 aromatic carbocycles. The quantitative estimate of drug-likeness (QED) is 0.499. The van der Waals surface area contributed by atoms with Gasteiger partial charge in [0.25, 0.3) is 0 Å². The van der Waals surface area contributed by atoms with Crippen molar-refractivity contribution in [2.24, 2.45) is 0 Å². The minimum atomic E-state index is -1.76. The van der Waals surface area contributed by atoms with Crippen LogP contribution >= 0.6 is 0 Å². The van der Waals surface area contributed by atoms with Crippen LogP contribution < -0.4 is 0 Å². The van der Waals surface area contributed by atoms with Crippen molar-refractivity contribution in [3.8, 4) is 0 Å². The highest BCUT2D eigenvalue weighted by Gasteiger charge is 2.47. The van der Waals surface area contributed by atoms with E-state index in [4.69, 9.17) is 18.9 Å². The SMILES string of the molecule is CO[C@@H](COC(C)=O)[C@](C)(O)[C@H](OC(C)=O)[C@@H](C)OC(C)=O. The lowest BCUT2D eigenvalue weighted by atomic mass is 9.89. The molecule has 0 aliphatic carbocycles. The second-order valence-corrected chi connectivity index (χ2v) is 5.10. The number of ether oxygens (including phenoxy) is 4. The molecule has 0 aromatic heterocycles. The van der Waals surface area contributed by atoms with Gasteiger partial charge >= 0.3 is 17.9 Å². The Bertz CT molecular complexity index is 404. The fourth-order valence-electron chi connectivity index (χ4n) is 2.04. The summed E-state index contributed by atoms with van der Waals surface area (Å²) in [6.45, 7) is 6.15. The van der Waals surface area contributed by atoms with Crippen molar-refractivity contribution in [2.75, 3.05) is 13.7 Å². The number of methoxy groups -OCH3 is 1. The van der Waals surface area contributed by atoms with Crippen LogP contribution in [0, 0.1) is 0 Å². The molecule has 0 spiro atoms. The van der Waals surface area contributed by atoms with Gasteiger partial charge in [0.05, 0.1) is 0 Å². The minimum Gasteiger partial charge on any atom is -0.463 e. The Kier molecular flexibility index (Phi) is 8.04. The number of carbonyl (C=O) groups is 3. The molecule has 4 atom stereocenters. The third kappa shape index (κ3) is 6.40. The molecule has 0 radical (unpaired) electrons. The normalized spacial score (nSPS) is 17.6. The van der Waals surface area contributed by atoms with Crippen molar-refractivity contribution >= 4 is 17.9 Å². The van der Waals surface area contributed by atoms with E-state index in [0.717, 1.165) is 6.92 Å². The lowest BCUT2D eigenvalue weighted by molar-refractivity contribution is -0.212. The Labute approximate surface area is 129 Å². The van der Waals surface area contributed by atoms with E-state index in [9.17, 15) is 19.5 Å². The second-order valence-electron chi connectivity index (χ2n) is 5.10. The molecular weight excluding hydrogens is 296 g/mol. The first-order chi connectivity index (χ1) is 10.0. The predicted molar refractivity (Wildman–Crippen MR) is 74.8 cm³/mol. The smallest absolute Gasteiger partial charge is 0.303 e. The standard InChI is InChI=1S/C14H24O8/c1-8(21-10(3)16)13(22-11(4)17)14(5,18)12(19-6)7-20-9(2)15/h8,12-13,18H,7H2,1-6H3/t8-,12+,13-,14+/m1/s1. The molecule has 1 N–H and O–H groups in total. The average molecular weight is 320 g/mol. The molecule has 0 amide bonds. The van der Waals surface area contributed by atoms with Crippen molar-refractivity contribution in [1.82, 2.24) is 0 Å². The number of carbonyl (C=O) groups excluding carboxylic acids is 3. The van der Waals surface area contributed by atoms with Crippen molar-refractivity contribution in [2.45, 2.75) is 58.5 Å². The molecule has 0 saturated carbocycles. The van der Waals surface area contributed by atoms with Crippen LogP contribution in [0.2, 0.25) is 0 Å².